The van der Waals surface area contributed by atoms with Gasteiger partial charge < -0.3 is 16.0 Å². The van der Waals surface area contributed by atoms with Crippen molar-refractivity contribution < 1.29 is 22.8 Å². The quantitative estimate of drug-likeness (QED) is 0.602. The van der Waals surface area contributed by atoms with Crippen LogP contribution in [0.25, 0.3) is 0 Å². The molecule has 1 atom stereocenters. The summed E-state index contributed by atoms with van der Waals surface area (Å²) in [5, 5.41) is 7.54. The molecule has 0 saturated carbocycles. The van der Waals surface area contributed by atoms with E-state index in [9.17, 15) is 22.8 Å². The maximum Gasteiger partial charge on any atom is 0.254 e. The second kappa shape index (κ2) is 7.62. The van der Waals surface area contributed by atoms with Gasteiger partial charge in [0.15, 0.2) is 0 Å². The summed E-state index contributed by atoms with van der Waals surface area (Å²) in [5.41, 5.74) is 0.695. The molecule has 0 saturated heterocycles. The van der Waals surface area contributed by atoms with Gasteiger partial charge >= 0.3 is 0 Å². The average Bonchev–Trinajstić information content (AvgIpc) is 2.64. The molecule has 3 N–H and O–H groups in total. The second-order valence-corrected chi connectivity index (χ2v) is 8.02. The third-order valence-electron chi connectivity index (χ3n) is 3.68. The zero-order chi connectivity index (χ0) is 18.6. The predicted octanol–water partition coefficient (Wildman–Crippen LogP) is -0.865. The Balaban J connectivity index is 1.93. The number of amides is 3. The van der Waals surface area contributed by atoms with Crippen LogP contribution >= 0.6 is 0 Å². The van der Waals surface area contributed by atoms with Crippen molar-refractivity contribution in [3.05, 3.63) is 29.8 Å². The highest BCUT2D eigenvalue weighted by Gasteiger charge is 2.29. The van der Waals surface area contributed by atoms with Gasteiger partial charge in [-0.15, -0.1) is 0 Å². The van der Waals surface area contributed by atoms with Crippen LogP contribution in [0.2, 0.25) is 0 Å². The molecule has 136 valence electrons. The van der Waals surface area contributed by atoms with Gasteiger partial charge in [-0.3, -0.25) is 14.4 Å². The van der Waals surface area contributed by atoms with Crippen LogP contribution in [0.4, 0.5) is 5.69 Å². The van der Waals surface area contributed by atoms with Crippen LogP contribution in [0, 0.1) is 0 Å². The molecular formula is C15H20N4O5S. The number of hydrogen-bond donors (Lipinski definition) is 3. The monoisotopic (exact) mass is 368 g/mol. The Kier molecular flexibility index (Phi) is 5.75. The van der Waals surface area contributed by atoms with E-state index in [1.165, 1.54) is 14.1 Å². The van der Waals surface area contributed by atoms with E-state index in [4.69, 9.17) is 0 Å². The molecular weight excluding hydrogens is 348 g/mol. The number of para-hydroxylation sites is 1. The minimum atomic E-state index is -3.42. The zero-order valence-corrected chi connectivity index (χ0v) is 14.7. The SMILES string of the molecule is CN(C)S(=O)(=O)CCNC(=O)CC1NC(=O)c2ccccc2NC1=O. The first-order valence-electron chi connectivity index (χ1n) is 7.58. The molecule has 10 heteroatoms. The number of carbonyl (C=O) groups excluding carboxylic acids is 3. The number of fused-ring (bicyclic) bond motifs is 1. The van der Waals surface area contributed by atoms with E-state index < -0.39 is 33.8 Å². The molecule has 1 aliphatic rings. The highest BCUT2D eigenvalue weighted by Crippen LogP contribution is 2.18. The molecule has 1 aromatic carbocycles. The van der Waals surface area contributed by atoms with E-state index in [0.717, 1.165) is 4.31 Å². The van der Waals surface area contributed by atoms with E-state index in [0.29, 0.717) is 11.3 Å². The summed E-state index contributed by atoms with van der Waals surface area (Å²) in [6.07, 6.45) is -0.284. The number of carbonyl (C=O) groups is 3. The summed E-state index contributed by atoms with van der Waals surface area (Å²) in [6.45, 7) is -0.0815. The molecule has 3 amide bonds. The lowest BCUT2D eigenvalue weighted by atomic mass is 10.1. The van der Waals surface area contributed by atoms with Crippen molar-refractivity contribution in [2.75, 3.05) is 31.7 Å². The third kappa shape index (κ3) is 4.77. The molecule has 1 unspecified atom stereocenters. The van der Waals surface area contributed by atoms with E-state index in [-0.39, 0.29) is 18.7 Å². The summed E-state index contributed by atoms with van der Waals surface area (Å²) in [6, 6.07) is 5.49. The Morgan fingerprint density at radius 1 is 1.24 bits per heavy atom. The smallest absolute Gasteiger partial charge is 0.254 e. The van der Waals surface area contributed by atoms with Crippen molar-refractivity contribution in [1.29, 1.82) is 0 Å². The lowest BCUT2D eigenvalue weighted by Crippen LogP contribution is -2.45. The topological polar surface area (TPSA) is 125 Å². The molecule has 0 bridgehead atoms. The van der Waals surface area contributed by atoms with Crippen molar-refractivity contribution in [2.24, 2.45) is 0 Å². The van der Waals surface area contributed by atoms with Gasteiger partial charge in [0.05, 0.1) is 23.4 Å². The second-order valence-electron chi connectivity index (χ2n) is 5.71. The molecule has 1 heterocycles. The number of nitrogens with one attached hydrogen (secondary N) is 3. The van der Waals surface area contributed by atoms with Gasteiger partial charge in [-0.25, -0.2) is 12.7 Å². The average molecular weight is 368 g/mol. The Morgan fingerprint density at radius 2 is 1.92 bits per heavy atom. The molecule has 2 rings (SSSR count). The molecule has 1 aliphatic heterocycles. The van der Waals surface area contributed by atoms with Crippen molar-refractivity contribution in [2.45, 2.75) is 12.5 Å². The van der Waals surface area contributed by atoms with E-state index >= 15 is 0 Å². The maximum atomic E-state index is 12.2. The molecule has 0 radical (unpaired) electrons. The van der Waals surface area contributed by atoms with Crippen LogP contribution < -0.4 is 16.0 Å². The van der Waals surface area contributed by atoms with Gasteiger partial charge in [-0.05, 0) is 12.1 Å². The number of hydrogen-bond acceptors (Lipinski definition) is 5. The molecule has 0 aromatic heterocycles. The van der Waals surface area contributed by atoms with Gasteiger partial charge in [0.1, 0.15) is 6.04 Å². The van der Waals surface area contributed by atoms with E-state index in [1.807, 2.05) is 0 Å². The minimum Gasteiger partial charge on any atom is -0.355 e. The third-order valence-corrected chi connectivity index (χ3v) is 5.51. The van der Waals surface area contributed by atoms with Gasteiger partial charge in [0.2, 0.25) is 21.8 Å². The van der Waals surface area contributed by atoms with Crippen LogP contribution in [-0.4, -0.2) is 62.9 Å². The molecule has 0 spiro atoms. The van der Waals surface area contributed by atoms with Gasteiger partial charge in [-0.2, -0.15) is 0 Å². The first-order chi connectivity index (χ1) is 11.7. The van der Waals surface area contributed by atoms with Crippen molar-refractivity contribution >= 4 is 33.4 Å². The summed E-state index contributed by atoms with van der Waals surface area (Å²) in [5.74, 6) is -1.74. The summed E-state index contributed by atoms with van der Waals surface area (Å²) < 4.78 is 24.3. The molecule has 0 fully saturated rings. The van der Waals surface area contributed by atoms with Crippen LogP contribution in [-0.2, 0) is 19.6 Å². The van der Waals surface area contributed by atoms with Gasteiger partial charge in [0.25, 0.3) is 5.91 Å². The zero-order valence-electron chi connectivity index (χ0n) is 13.9. The van der Waals surface area contributed by atoms with E-state index in [1.54, 1.807) is 24.3 Å². The fourth-order valence-electron chi connectivity index (χ4n) is 2.21. The Bertz CT molecular complexity index is 791. The molecule has 25 heavy (non-hydrogen) atoms. The number of anilines is 1. The van der Waals surface area contributed by atoms with E-state index in [2.05, 4.69) is 16.0 Å². The normalized spacial score (nSPS) is 17.3. The van der Waals surface area contributed by atoms with Crippen LogP contribution in [0.5, 0.6) is 0 Å². The predicted molar refractivity (Wildman–Crippen MR) is 91.4 cm³/mol. The van der Waals surface area contributed by atoms with Gasteiger partial charge in [0, 0.05) is 20.6 Å². The lowest BCUT2D eigenvalue weighted by Gasteiger charge is -2.15. The first kappa shape index (κ1) is 18.9. The number of nitrogens with zero attached hydrogens (tertiary/aromatic N) is 1. The summed E-state index contributed by atoms with van der Waals surface area (Å²) >= 11 is 0. The van der Waals surface area contributed by atoms with Crippen LogP contribution in [0.3, 0.4) is 0 Å². The Morgan fingerprint density at radius 3 is 2.60 bits per heavy atom. The van der Waals surface area contributed by atoms with Crippen molar-refractivity contribution in [1.82, 2.24) is 14.9 Å². The first-order valence-corrected chi connectivity index (χ1v) is 9.19. The lowest BCUT2D eigenvalue weighted by molar-refractivity contribution is -0.125. The highest BCUT2D eigenvalue weighted by molar-refractivity contribution is 7.89. The summed E-state index contributed by atoms with van der Waals surface area (Å²) in [7, 11) is -0.613. The maximum absolute atomic E-state index is 12.2. The standard InChI is InChI=1S/C15H20N4O5S/c1-19(2)25(23,24)8-7-16-13(20)9-12-15(22)17-11-6-4-3-5-10(11)14(21)18-12/h3-6,12H,7-9H2,1-2H3,(H,16,20)(H,17,22)(H,18,21). The van der Waals surface area contributed by atoms with Gasteiger partial charge in [-0.1, -0.05) is 12.1 Å². The summed E-state index contributed by atoms with van der Waals surface area (Å²) in [4.78, 5) is 36.3. The number of benzene rings is 1. The van der Waals surface area contributed by atoms with Crippen molar-refractivity contribution in [3.63, 3.8) is 0 Å². The minimum absolute atomic E-state index is 0.0815. The van der Waals surface area contributed by atoms with Crippen molar-refractivity contribution in [3.8, 4) is 0 Å². The largest absolute Gasteiger partial charge is 0.355 e. The highest BCUT2D eigenvalue weighted by atomic mass is 32.2. The number of rotatable bonds is 6. The van der Waals surface area contributed by atoms with Crippen LogP contribution in [0.1, 0.15) is 16.8 Å². The molecule has 0 aliphatic carbocycles. The van der Waals surface area contributed by atoms with Crippen LogP contribution in [0.15, 0.2) is 24.3 Å². The molecule has 1 aromatic rings. The number of sulfonamides is 1. The Hall–Kier alpha value is -2.46. The fourth-order valence-corrected chi connectivity index (χ4v) is 2.94. The fraction of sp³-hybridized carbons (Fsp3) is 0.400. The molecule has 9 nitrogen and oxygen atoms in total. The Labute approximate surface area is 145 Å².